The smallest absolute Gasteiger partial charge is 1.00 e. The molecule has 314 valence electrons. The molecule has 0 N–H and O–H groups in total. The molecular formula is C60H45Cl3SiTi. The van der Waals surface area contributed by atoms with Gasteiger partial charge in [-0.05, 0) is 101 Å². The summed E-state index contributed by atoms with van der Waals surface area (Å²) in [5.41, 5.74) is 15.8. The predicted molar refractivity (Wildman–Crippen MR) is 262 cm³/mol. The van der Waals surface area contributed by atoms with Crippen molar-refractivity contribution in [2.45, 2.75) is 13.3 Å². The van der Waals surface area contributed by atoms with E-state index >= 15 is 0 Å². The Labute approximate surface area is 419 Å². The Kier molecular flexibility index (Phi) is 16.5. The molecule has 0 bridgehead atoms. The average Bonchev–Trinajstić information content (AvgIpc) is 3.78. The van der Waals surface area contributed by atoms with Crippen LogP contribution in [0.4, 0.5) is 0 Å². The van der Waals surface area contributed by atoms with Crippen molar-refractivity contribution in [3.63, 3.8) is 0 Å². The zero-order valence-corrected chi connectivity index (χ0v) is 40.8. The minimum atomic E-state index is -3.30. The molecular weight excluding hydrogens is 903 g/mol. The van der Waals surface area contributed by atoms with Crippen molar-refractivity contribution in [2.75, 3.05) is 0 Å². The molecule has 0 aromatic heterocycles. The topological polar surface area (TPSA) is 0 Å². The van der Waals surface area contributed by atoms with Crippen LogP contribution in [0.15, 0.2) is 253 Å². The summed E-state index contributed by atoms with van der Waals surface area (Å²) < 4.78 is 0. The Bertz CT molecular complexity index is 2550. The first-order valence-corrected chi connectivity index (χ1v) is 23.2. The third kappa shape index (κ3) is 9.93. The Morgan fingerprint density at radius 2 is 0.523 bits per heavy atom. The Hall–Kier alpha value is -5.74. The van der Waals surface area contributed by atoms with Crippen LogP contribution < -0.4 is 52.8 Å². The normalized spacial score (nSPS) is 11.7. The van der Waals surface area contributed by atoms with Crippen LogP contribution in [0.1, 0.15) is 13.3 Å². The second-order valence-electron chi connectivity index (χ2n) is 16.0. The first-order valence-electron chi connectivity index (χ1n) is 21.2. The van der Waals surface area contributed by atoms with E-state index in [4.69, 9.17) is 0 Å². The van der Waals surface area contributed by atoms with Crippen molar-refractivity contribution in [2.24, 2.45) is 0 Å². The van der Waals surface area contributed by atoms with Crippen molar-refractivity contribution >= 4 is 23.6 Å². The summed E-state index contributed by atoms with van der Waals surface area (Å²) in [5.74, 6) is 0. The molecule has 9 aromatic rings. The molecule has 0 amide bonds. The summed E-state index contributed by atoms with van der Waals surface area (Å²) in [6.45, 7) is 2.31. The van der Waals surface area contributed by atoms with Crippen molar-refractivity contribution < 1.29 is 58.9 Å². The molecule has 0 saturated heterocycles. The molecule has 0 aliphatic heterocycles. The predicted octanol–water partition coefficient (Wildman–Crippen LogP) is 4.79. The fourth-order valence-electron chi connectivity index (χ4n) is 9.22. The van der Waals surface area contributed by atoms with Crippen LogP contribution in [0, 0.1) is 6.08 Å². The molecule has 0 heterocycles. The van der Waals surface area contributed by atoms with Gasteiger partial charge in [0.15, 0.2) is 0 Å². The molecule has 0 atom stereocenters. The Morgan fingerprint density at radius 3 is 0.708 bits per heavy atom. The van der Waals surface area contributed by atoms with Gasteiger partial charge < -0.3 is 37.2 Å². The molecule has 9 aromatic carbocycles. The molecule has 0 saturated carbocycles. The molecule has 1 aliphatic carbocycles. The SMILES string of the molecule is CC1=CC[C-]=C1[Si](c1cc(-c2ccccc2)cc(-c2ccccc2)c1)(c1cc(-c2ccccc2)cc(-c2ccccc2)c1)c1cc(-c2ccccc2)cc(-c2ccccc2)c1.[Cl-].[Cl-].[Cl-].[Ti+4]. The minimum Gasteiger partial charge on any atom is -1.00 e. The van der Waals surface area contributed by atoms with E-state index in [1.165, 1.54) is 93.1 Å². The van der Waals surface area contributed by atoms with Crippen LogP contribution >= 0.6 is 0 Å². The third-order valence-corrected chi connectivity index (χ3v) is 17.0. The average molecular weight is 948 g/mol. The molecule has 65 heavy (non-hydrogen) atoms. The number of hydrogen-bond donors (Lipinski definition) is 0. The third-order valence-electron chi connectivity index (χ3n) is 12.2. The summed E-state index contributed by atoms with van der Waals surface area (Å²) in [5, 5.41) is 5.32. The van der Waals surface area contributed by atoms with Gasteiger partial charge in [0, 0.05) is 0 Å². The monoisotopic (exact) mass is 946 g/mol. The van der Waals surface area contributed by atoms with Crippen molar-refractivity contribution in [3.05, 3.63) is 260 Å². The van der Waals surface area contributed by atoms with Gasteiger partial charge in [0.05, 0.1) is 0 Å². The van der Waals surface area contributed by atoms with E-state index in [2.05, 4.69) is 256 Å². The van der Waals surface area contributed by atoms with Crippen molar-refractivity contribution in [1.29, 1.82) is 0 Å². The number of benzene rings is 9. The fourth-order valence-corrected chi connectivity index (χ4v) is 14.4. The van der Waals surface area contributed by atoms with Gasteiger partial charge in [-0.25, -0.2) is 10.8 Å². The zero-order chi connectivity index (χ0) is 41.0. The summed E-state index contributed by atoms with van der Waals surface area (Å²) in [7, 11) is -3.30. The van der Waals surface area contributed by atoms with Gasteiger partial charge in [-0.2, -0.15) is 6.08 Å². The second kappa shape index (κ2) is 22.0. The Morgan fingerprint density at radius 1 is 0.308 bits per heavy atom. The zero-order valence-electron chi connectivity index (χ0n) is 35.9. The minimum absolute atomic E-state index is 0. The van der Waals surface area contributed by atoms with Crippen LogP contribution in [-0.4, -0.2) is 8.07 Å². The first kappa shape index (κ1) is 48.7. The molecule has 5 heteroatoms. The van der Waals surface area contributed by atoms with E-state index < -0.39 is 8.07 Å². The number of halogens is 3. The van der Waals surface area contributed by atoms with Crippen molar-refractivity contribution in [1.82, 2.24) is 0 Å². The van der Waals surface area contributed by atoms with Gasteiger partial charge >= 0.3 is 21.7 Å². The van der Waals surface area contributed by atoms with Gasteiger partial charge in [0.1, 0.15) is 8.07 Å². The summed E-state index contributed by atoms with van der Waals surface area (Å²) in [6.07, 6.45) is 7.25. The summed E-state index contributed by atoms with van der Waals surface area (Å²) >= 11 is 0. The van der Waals surface area contributed by atoms with E-state index in [1.807, 2.05) is 0 Å². The van der Waals surface area contributed by atoms with Gasteiger partial charge in [-0.1, -0.05) is 218 Å². The molecule has 0 unspecified atom stereocenters. The van der Waals surface area contributed by atoms with Crippen LogP contribution in [0.3, 0.4) is 0 Å². The van der Waals surface area contributed by atoms with Gasteiger partial charge in [0.25, 0.3) is 0 Å². The summed E-state index contributed by atoms with van der Waals surface area (Å²) in [6, 6.07) is 87.7. The van der Waals surface area contributed by atoms with E-state index in [9.17, 15) is 0 Å². The molecule has 10 rings (SSSR count). The molecule has 0 nitrogen and oxygen atoms in total. The van der Waals surface area contributed by atoms with Crippen LogP contribution in [0.5, 0.6) is 0 Å². The van der Waals surface area contributed by atoms with E-state index in [0.29, 0.717) is 0 Å². The Balaban J connectivity index is 0.00000175. The largest absolute Gasteiger partial charge is 4.00 e. The van der Waals surface area contributed by atoms with Gasteiger partial charge in [0.2, 0.25) is 0 Å². The molecule has 0 fully saturated rings. The summed E-state index contributed by atoms with van der Waals surface area (Å²) in [4.78, 5) is 0. The van der Waals surface area contributed by atoms with E-state index in [-0.39, 0.29) is 58.9 Å². The maximum atomic E-state index is 4.08. The molecule has 0 radical (unpaired) electrons. The first-order chi connectivity index (χ1) is 30.1. The maximum absolute atomic E-state index is 4.08. The number of rotatable bonds is 10. The van der Waals surface area contributed by atoms with Crippen molar-refractivity contribution in [3.8, 4) is 66.8 Å². The molecule has 1 aliphatic rings. The van der Waals surface area contributed by atoms with Crippen LogP contribution in [0.2, 0.25) is 0 Å². The van der Waals surface area contributed by atoms with Gasteiger partial charge in [-0.3, -0.25) is 6.08 Å². The number of hydrogen-bond acceptors (Lipinski definition) is 0. The molecule has 0 spiro atoms. The standard InChI is InChI=1S/C60H45Si.3ClH.Ti/c1-44-21-20-34-60(44)61(57-38-51(45-22-8-2-9-23-45)35-52(39-57)46-24-10-3-11-25-46,58-40-53(47-26-12-4-13-27-47)36-54(41-58)48-28-14-5-15-29-48)59-42-55(49-30-16-6-17-31-49)37-56(43-59)50-32-18-7-19-33-50;;;;/h2-19,21-33,35-43H,20H2,1H3;3*1H;/q-1;;;;+4/p-3. The van der Waals surface area contributed by atoms with Gasteiger partial charge in [-0.15, -0.1) is 13.3 Å². The quantitative estimate of drug-likeness (QED) is 0.105. The van der Waals surface area contributed by atoms with E-state index in [1.54, 1.807) is 0 Å². The fraction of sp³-hybridized carbons (Fsp3) is 0.0333. The number of allylic oxidation sites excluding steroid dienone is 4. The van der Waals surface area contributed by atoms with Crippen LogP contribution in [0.25, 0.3) is 66.8 Å². The van der Waals surface area contributed by atoms with E-state index in [0.717, 1.165) is 6.42 Å². The maximum Gasteiger partial charge on any atom is 4.00 e. The second-order valence-corrected chi connectivity index (χ2v) is 19.7. The van der Waals surface area contributed by atoms with Crippen LogP contribution in [-0.2, 0) is 21.7 Å².